The maximum atomic E-state index is 12.8. The van der Waals surface area contributed by atoms with Crippen molar-refractivity contribution in [3.05, 3.63) is 70.8 Å². The van der Waals surface area contributed by atoms with E-state index in [4.69, 9.17) is 11.6 Å². The summed E-state index contributed by atoms with van der Waals surface area (Å²) in [7, 11) is 0. The number of pyridine rings is 1. The molecule has 5 nitrogen and oxygen atoms in total. The van der Waals surface area contributed by atoms with Gasteiger partial charge in [0.05, 0.1) is 26.0 Å². The molecule has 0 bridgehead atoms. The van der Waals surface area contributed by atoms with Gasteiger partial charge in [0, 0.05) is 17.8 Å². The fourth-order valence-corrected chi connectivity index (χ4v) is 3.48. The molecule has 1 N–H and O–H groups in total. The number of fused-ring (bicyclic) bond motifs is 1. The van der Waals surface area contributed by atoms with Gasteiger partial charge in [-0.1, -0.05) is 29.8 Å². The Morgan fingerprint density at radius 3 is 2.60 bits per heavy atom. The van der Waals surface area contributed by atoms with Crippen LogP contribution in [-0.4, -0.2) is 20.9 Å². The molecule has 0 aliphatic carbocycles. The van der Waals surface area contributed by atoms with Gasteiger partial charge in [0.2, 0.25) is 5.95 Å². The highest BCUT2D eigenvalue weighted by Gasteiger charge is 2.15. The average Bonchev–Trinajstić information content (AvgIpc) is 3.08. The molecule has 4 aromatic rings. The summed E-state index contributed by atoms with van der Waals surface area (Å²) in [5, 5.41) is 3.49. The summed E-state index contributed by atoms with van der Waals surface area (Å²) in [5.41, 5.74) is 1.95. The maximum absolute atomic E-state index is 12.8. The van der Waals surface area contributed by atoms with E-state index in [1.54, 1.807) is 24.5 Å². The molecule has 0 saturated carbocycles. The van der Waals surface area contributed by atoms with E-state index in [0.717, 1.165) is 15.8 Å². The molecule has 0 fully saturated rings. The van der Waals surface area contributed by atoms with Crippen molar-refractivity contribution in [2.75, 3.05) is 5.32 Å². The monoisotopic (exact) mass is 366 g/mol. The van der Waals surface area contributed by atoms with Crippen molar-refractivity contribution >= 4 is 45.7 Å². The summed E-state index contributed by atoms with van der Waals surface area (Å²) in [6.07, 6.45) is 3.15. The fourth-order valence-electron chi connectivity index (χ4n) is 2.47. The summed E-state index contributed by atoms with van der Waals surface area (Å²) in [6, 6.07) is 14.7. The molecule has 0 unspecified atom stereocenters. The summed E-state index contributed by atoms with van der Waals surface area (Å²) in [4.78, 5) is 26.4. The minimum atomic E-state index is -0.284. The van der Waals surface area contributed by atoms with E-state index in [-0.39, 0.29) is 11.9 Å². The van der Waals surface area contributed by atoms with E-state index >= 15 is 0 Å². The molecule has 0 aliphatic rings. The SMILES string of the molecule is O=C(Nc1ncccn1)c1cc(-c2ccc(Cl)s2)nc2ccccc12. The maximum Gasteiger partial charge on any atom is 0.258 e. The Morgan fingerprint density at radius 1 is 1.04 bits per heavy atom. The summed E-state index contributed by atoms with van der Waals surface area (Å²) in [6.45, 7) is 0. The van der Waals surface area contributed by atoms with Crippen LogP contribution in [0.2, 0.25) is 4.34 Å². The highest BCUT2D eigenvalue weighted by Crippen LogP contribution is 2.32. The van der Waals surface area contributed by atoms with Gasteiger partial charge < -0.3 is 0 Å². The van der Waals surface area contributed by atoms with Crippen molar-refractivity contribution in [1.82, 2.24) is 15.0 Å². The van der Waals surface area contributed by atoms with Gasteiger partial charge in [-0.05, 0) is 30.3 Å². The number of carbonyl (C=O) groups is 1. The molecule has 0 radical (unpaired) electrons. The van der Waals surface area contributed by atoms with Crippen molar-refractivity contribution in [1.29, 1.82) is 0 Å². The fraction of sp³-hybridized carbons (Fsp3) is 0. The predicted molar refractivity (Wildman–Crippen MR) is 100 cm³/mol. The molecule has 1 aromatic carbocycles. The lowest BCUT2D eigenvalue weighted by molar-refractivity contribution is 0.102. The topological polar surface area (TPSA) is 67.8 Å². The largest absolute Gasteiger partial charge is 0.290 e. The van der Waals surface area contributed by atoms with E-state index in [9.17, 15) is 4.79 Å². The normalized spacial score (nSPS) is 10.8. The van der Waals surface area contributed by atoms with Crippen molar-refractivity contribution in [3.8, 4) is 10.6 Å². The second-order valence-corrected chi connectivity index (χ2v) is 6.92. The number of hydrogen-bond donors (Lipinski definition) is 1. The molecule has 4 rings (SSSR count). The van der Waals surface area contributed by atoms with Gasteiger partial charge in [0.15, 0.2) is 0 Å². The number of anilines is 1. The van der Waals surface area contributed by atoms with Crippen molar-refractivity contribution in [3.63, 3.8) is 0 Å². The molecule has 3 aromatic heterocycles. The first-order valence-corrected chi connectivity index (χ1v) is 8.64. The number of thiophene rings is 1. The Balaban J connectivity index is 1.82. The molecule has 122 valence electrons. The second-order valence-electron chi connectivity index (χ2n) is 5.20. The number of benzene rings is 1. The lowest BCUT2D eigenvalue weighted by Crippen LogP contribution is -2.14. The van der Waals surface area contributed by atoms with Gasteiger partial charge in [0.25, 0.3) is 5.91 Å². The van der Waals surface area contributed by atoms with Crippen LogP contribution in [0.4, 0.5) is 5.95 Å². The van der Waals surface area contributed by atoms with Gasteiger partial charge in [-0.15, -0.1) is 11.3 Å². The molecule has 1 amide bonds. The number of amides is 1. The van der Waals surface area contributed by atoms with Gasteiger partial charge in [0.1, 0.15) is 0 Å². The zero-order chi connectivity index (χ0) is 17.2. The molecule has 0 atom stereocenters. The van der Waals surface area contributed by atoms with Crippen molar-refractivity contribution < 1.29 is 4.79 Å². The molecular weight excluding hydrogens is 356 g/mol. The predicted octanol–water partition coefficient (Wildman–Crippen LogP) is 4.66. The molecule has 0 spiro atoms. The highest BCUT2D eigenvalue weighted by molar-refractivity contribution is 7.19. The van der Waals surface area contributed by atoms with Crippen molar-refractivity contribution in [2.45, 2.75) is 0 Å². The number of hydrogen-bond acceptors (Lipinski definition) is 5. The van der Waals surface area contributed by atoms with Crippen LogP contribution in [0.1, 0.15) is 10.4 Å². The van der Waals surface area contributed by atoms with E-state index in [2.05, 4.69) is 20.3 Å². The summed E-state index contributed by atoms with van der Waals surface area (Å²) in [5.74, 6) is -0.0252. The number of nitrogens with zero attached hydrogens (tertiary/aromatic N) is 3. The van der Waals surface area contributed by atoms with E-state index in [1.807, 2.05) is 36.4 Å². The molecule has 7 heteroatoms. The van der Waals surface area contributed by atoms with Crippen LogP contribution in [-0.2, 0) is 0 Å². The second kappa shape index (κ2) is 6.58. The lowest BCUT2D eigenvalue weighted by atomic mass is 10.1. The van der Waals surface area contributed by atoms with Gasteiger partial charge in [-0.25, -0.2) is 15.0 Å². The first kappa shape index (κ1) is 15.7. The molecule has 25 heavy (non-hydrogen) atoms. The first-order valence-electron chi connectivity index (χ1n) is 7.44. The van der Waals surface area contributed by atoms with E-state index in [0.29, 0.717) is 15.6 Å². The Labute approximate surface area is 152 Å². The number of carbonyl (C=O) groups excluding carboxylic acids is 1. The molecule has 3 heterocycles. The molecule has 0 saturated heterocycles. The Morgan fingerprint density at radius 2 is 1.84 bits per heavy atom. The van der Waals surface area contributed by atoms with Crippen LogP contribution in [0.15, 0.2) is 60.9 Å². The number of rotatable bonds is 3. The Hall–Kier alpha value is -2.83. The molecular formula is C18H11ClN4OS. The Kier molecular flexibility index (Phi) is 4.13. The van der Waals surface area contributed by atoms with Gasteiger partial charge >= 0.3 is 0 Å². The first-order chi connectivity index (χ1) is 12.2. The van der Waals surface area contributed by atoms with Crippen LogP contribution in [0.3, 0.4) is 0 Å². The number of nitrogens with one attached hydrogen (secondary N) is 1. The third-order valence-corrected chi connectivity index (χ3v) is 4.83. The van der Waals surface area contributed by atoms with Gasteiger partial charge in [-0.3, -0.25) is 10.1 Å². The number of aromatic nitrogens is 3. The molecule has 0 aliphatic heterocycles. The Bertz CT molecular complexity index is 1070. The number of halogens is 1. The summed E-state index contributed by atoms with van der Waals surface area (Å²) >= 11 is 7.45. The van der Waals surface area contributed by atoms with Gasteiger partial charge in [-0.2, -0.15) is 0 Å². The van der Waals surface area contributed by atoms with Crippen LogP contribution >= 0.6 is 22.9 Å². The van der Waals surface area contributed by atoms with Crippen LogP contribution in [0, 0.1) is 0 Å². The lowest BCUT2D eigenvalue weighted by Gasteiger charge is -2.09. The minimum Gasteiger partial charge on any atom is -0.290 e. The van der Waals surface area contributed by atoms with Crippen LogP contribution in [0.25, 0.3) is 21.5 Å². The quantitative estimate of drug-likeness (QED) is 0.572. The zero-order valence-electron chi connectivity index (χ0n) is 12.8. The van der Waals surface area contributed by atoms with Crippen molar-refractivity contribution in [2.24, 2.45) is 0 Å². The third-order valence-electron chi connectivity index (χ3n) is 3.58. The zero-order valence-corrected chi connectivity index (χ0v) is 14.4. The standard InChI is InChI=1S/C18H11ClN4OS/c19-16-7-6-15(25-16)14-10-12(11-4-1-2-5-13(11)22-14)17(24)23-18-20-8-3-9-21-18/h1-10H,(H,20,21,23,24). The highest BCUT2D eigenvalue weighted by atomic mass is 35.5. The minimum absolute atomic E-state index is 0.258. The average molecular weight is 367 g/mol. The third kappa shape index (κ3) is 3.22. The van der Waals surface area contributed by atoms with Crippen LogP contribution < -0.4 is 5.32 Å². The van der Waals surface area contributed by atoms with E-state index < -0.39 is 0 Å². The summed E-state index contributed by atoms with van der Waals surface area (Å²) < 4.78 is 0.675. The number of para-hydroxylation sites is 1. The van der Waals surface area contributed by atoms with Crippen LogP contribution in [0.5, 0.6) is 0 Å². The smallest absolute Gasteiger partial charge is 0.258 e. The van der Waals surface area contributed by atoms with E-state index in [1.165, 1.54) is 11.3 Å².